The van der Waals surface area contributed by atoms with E-state index in [0.717, 1.165) is 11.4 Å². The average Bonchev–Trinajstić information content (AvgIpc) is 2.24. The van der Waals surface area contributed by atoms with Crippen molar-refractivity contribution in [3.63, 3.8) is 0 Å². The van der Waals surface area contributed by atoms with Crippen molar-refractivity contribution >= 4 is 17.7 Å². The van der Waals surface area contributed by atoms with Gasteiger partial charge in [-0.15, -0.1) is 0 Å². The van der Waals surface area contributed by atoms with Crippen LogP contribution in [0.3, 0.4) is 0 Å². The van der Waals surface area contributed by atoms with E-state index in [9.17, 15) is 0 Å². The molecular formula is C12H16N6OS. The van der Waals surface area contributed by atoms with Crippen LogP contribution in [0.25, 0.3) is 0 Å². The van der Waals surface area contributed by atoms with Crippen LogP contribution < -0.4 is 10.5 Å². The zero-order chi connectivity index (χ0) is 14.7. The molecule has 0 fully saturated rings. The van der Waals surface area contributed by atoms with Gasteiger partial charge in [-0.25, -0.2) is 9.97 Å². The summed E-state index contributed by atoms with van der Waals surface area (Å²) in [5, 5.41) is 0.988. The number of nitrogens with zero attached hydrogens (tertiary/aromatic N) is 5. The lowest BCUT2D eigenvalue weighted by Crippen LogP contribution is -2.11. The average molecular weight is 292 g/mol. The number of aryl methyl sites for hydroxylation is 2. The largest absolute Gasteiger partial charge is 0.461 e. The van der Waals surface area contributed by atoms with Crippen molar-refractivity contribution in [2.75, 3.05) is 5.73 Å². The van der Waals surface area contributed by atoms with E-state index in [0.29, 0.717) is 10.3 Å². The second-order valence-electron chi connectivity index (χ2n) is 4.46. The van der Waals surface area contributed by atoms with Gasteiger partial charge in [-0.3, -0.25) is 0 Å². The number of rotatable bonds is 4. The highest BCUT2D eigenvalue weighted by Crippen LogP contribution is 2.23. The van der Waals surface area contributed by atoms with Crippen molar-refractivity contribution in [3.8, 4) is 6.01 Å². The van der Waals surface area contributed by atoms with E-state index in [2.05, 4.69) is 24.9 Å². The van der Waals surface area contributed by atoms with Crippen molar-refractivity contribution in [3.05, 3.63) is 17.5 Å². The van der Waals surface area contributed by atoms with Crippen LogP contribution in [0.2, 0.25) is 0 Å². The summed E-state index contributed by atoms with van der Waals surface area (Å²) in [6.07, 6.45) is -0.0351. The monoisotopic (exact) mass is 292 g/mol. The third-order valence-electron chi connectivity index (χ3n) is 2.10. The standard InChI is InChI=1S/C12H16N6OS/c1-6(2)19-10-16-9(13)17-12(18-10)20-11-14-7(3)5-8(4)15-11/h5-6H,1-4H3,(H2,13,16,17,18). The summed E-state index contributed by atoms with van der Waals surface area (Å²) in [6, 6.07) is 2.11. The molecule has 2 aromatic rings. The summed E-state index contributed by atoms with van der Waals surface area (Å²) >= 11 is 1.23. The van der Waals surface area contributed by atoms with Gasteiger partial charge in [-0.05, 0) is 45.5 Å². The summed E-state index contributed by atoms with van der Waals surface area (Å²) in [5.74, 6) is 0.113. The van der Waals surface area contributed by atoms with E-state index in [1.54, 1.807) is 0 Å². The quantitative estimate of drug-likeness (QED) is 0.851. The van der Waals surface area contributed by atoms with Gasteiger partial charge in [0.05, 0.1) is 6.10 Å². The number of anilines is 1. The molecule has 0 aliphatic heterocycles. The molecule has 2 rings (SSSR count). The molecule has 20 heavy (non-hydrogen) atoms. The maximum absolute atomic E-state index is 5.65. The van der Waals surface area contributed by atoms with Crippen LogP contribution >= 0.6 is 11.8 Å². The fourth-order valence-corrected chi connectivity index (χ4v) is 2.29. The first-order valence-corrected chi connectivity index (χ1v) is 6.92. The number of ether oxygens (including phenoxy) is 1. The molecule has 106 valence electrons. The van der Waals surface area contributed by atoms with E-state index in [4.69, 9.17) is 10.5 Å². The lowest BCUT2D eigenvalue weighted by molar-refractivity contribution is 0.219. The Morgan fingerprint density at radius 3 is 2.20 bits per heavy atom. The molecule has 2 N–H and O–H groups in total. The van der Waals surface area contributed by atoms with Crippen LogP contribution in [-0.2, 0) is 0 Å². The Labute approximate surface area is 121 Å². The van der Waals surface area contributed by atoms with Gasteiger partial charge in [0.2, 0.25) is 11.1 Å². The van der Waals surface area contributed by atoms with Gasteiger partial charge in [0.1, 0.15) is 0 Å². The van der Waals surface area contributed by atoms with Crippen molar-refractivity contribution in [1.29, 1.82) is 0 Å². The van der Waals surface area contributed by atoms with Crippen LogP contribution in [0.15, 0.2) is 16.4 Å². The maximum atomic E-state index is 5.65. The molecule has 0 atom stereocenters. The van der Waals surface area contributed by atoms with Crippen LogP contribution in [0, 0.1) is 13.8 Å². The molecular weight excluding hydrogens is 276 g/mol. The lowest BCUT2D eigenvalue weighted by Gasteiger charge is -2.08. The number of hydrogen-bond donors (Lipinski definition) is 1. The van der Waals surface area contributed by atoms with Gasteiger partial charge in [0.25, 0.3) is 0 Å². The molecule has 2 aromatic heterocycles. The molecule has 0 saturated heterocycles. The van der Waals surface area contributed by atoms with Crippen molar-refractivity contribution in [2.45, 2.75) is 44.1 Å². The summed E-state index contributed by atoms with van der Waals surface area (Å²) in [7, 11) is 0. The minimum Gasteiger partial charge on any atom is -0.461 e. The van der Waals surface area contributed by atoms with Crippen molar-refractivity contribution in [2.24, 2.45) is 0 Å². The second-order valence-corrected chi connectivity index (χ2v) is 5.40. The molecule has 0 spiro atoms. The van der Waals surface area contributed by atoms with Crippen LogP contribution in [0.1, 0.15) is 25.2 Å². The topological polar surface area (TPSA) is 99.7 Å². The molecule has 0 bridgehead atoms. The number of hydrogen-bond acceptors (Lipinski definition) is 8. The zero-order valence-electron chi connectivity index (χ0n) is 11.8. The molecule has 0 aliphatic rings. The Morgan fingerprint density at radius 2 is 1.60 bits per heavy atom. The van der Waals surface area contributed by atoms with Gasteiger partial charge >= 0.3 is 6.01 Å². The van der Waals surface area contributed by atoms with Gasteiger partial charge in [-0.1, -0.05) is 0 Å². The Kier molecular flexibility index (Phi) is 4.33. The zero-order valence-corrected chi connectivity index (χ0v) is 12.6. The first-order chi connectivity index (χ1) is 9.42. The minimum atomic E-state index is -0.0351. The molecule has 7 nitrogen and oxygen atoms in total. The van der Waals surface area contributed by atoms with Crippen LogP contribution in [-0.4, -0.2) is 31.0 Å². The molecule has 0 aromatic carbocycles. The summed E-state index contributed by atoms with van der Waals surface area (Å²) in [6.45, 7) is 7.60. The molecule has 0 radical (unpaired) electrons. The highest BCUT2D eigenvalue weighted by atomic mass is 32.2. The third kappa shape index (κ3) is 4.02. The maximum Gasteiger partial charge on any atom is 0.322 e. The van der Waals surface area contributed by atoms with E-state index in [1.165, 1.54) is 11.8 Å². The number of nitrogens with two attached hydrogens (primary N) is 1. The normalized spacial score (nSPS) is 10.8. The number of nitrogen functional groups attached to an aromatic ring is 1. The Bertz CT molecular complexity index is 599. The smallest absolute Gasteiger partial charge is 0.322 e. The van der Waals surface area contributed by atoms with E-state index in [1.807, 2.05) is 33.8 Å². The van der Waals surface area contributed by atoms with E-state index < -0.39 is 0 Å². The minimum absolute atomic E-state index is 0.0351. The van der Waals surface area contributed by atoms with Gasteiger partial charge in [0, 0.05) is 11.4 Å². The first kappa shape index (κ1) is 14.4. The molecule has 0 unspecified atom stereocenters. The summed E-state index contributed by atoms with van der Waals surface area (Å²) in [4.78, 5) is 20.8. The molecule has 0 aliphatic carbocycles. The van der Waals surface area contributed by atoms with Gasteiger partial charge < -0.3 is 10.5 Å². The molecule has 0 amide bonds. The fraction of sp³-hybridized carbons (Fsp3) is 0.417. The second kappa shape index (κ2) is 6.00. The van der Waals surface area contributed by atoms with E-state index in [-0.39, 0.29) is 18.1 Å². The van der Waals surface area contributed by atoms with Gasteiger partial charge in [0.15, 0.2) is 5.16 Å². The Balaban J connectivity index is 2.26. The van der Waals surface area contributed by atoms with E-state index >= 15 is 0 Å². The highest BCUT2D eigenvalue weighted by molar-refractivity contribution is 7.99. The third-order valence-corrected chi connectivity index (χ3v) is 2.83. The Hall–Kier alpha value is -1.96. The highest BCUT2D eigenvalue weighted by Gasteiger charge is 2.10. The van der Waals surface area contributed by atoms with Crippen molar-refractivity contribution < 1.29 is 4.74 Å². The lowest BCUT2D eigenvalue weighted by atomic mass is 10.4. The summed E-state index contributed by atoms with van der Waals surface area (Å²) in [5.41, 5.74) is 7.43. The van der Waals surface area contributed by atoms with Crippen LogP contribution in [0.5, 0.6) is 6.01 Å². The predicted octanol–water partition coefficient (Wildman–Crippen LogP) is 1.80. The summed E-state index contributed by atoms with van der Waals surface area (Å²) < 4.78 is 5.42. The van der Waals surface area contributed by atoms with Gasteiger partial charge in [-0.2, -0.15) is 15.0 Å². The molecule has 0 saturated carbocycles. The van der Waals surface area contributed by atoms with Crippen LogP contribution in [0.4, 0.5) is 5.95 Å². The predicted molar refractivity (Wildman–Crippen MR) is 75.6 cm³/mol. The molecule has 2 heterocycles. The Morgan fingerprint density at radius 1 is 1.00 bits per heavy atom. The molecule has 8 heteroatoms. The first-order valence-electron chi connectivity index (χ1n) is 6.10. The number of aromatic nitrogens is 5. The fourth-order valence-electron chi connectivity index (χ4n) is 1.48. The van der Waals surface area contributed by atoms with Crippen molar-refractivity contribution in [1.82, 2.24) is 24.9 Å². The SMILES string of the molecule is Cc1cc(C)nc(Sc2nc(N)nc(OC(C)C)n2)n1.